The number of carboxylic acids is 1. The van der Waals surface area contributed by atoms with E-state index in [1.165, 1.54) is 0 Å². The first-order chi connectivity index (χ1) is 6.68. The average molecular weight is 187 g/mol. The molecular formula is C11H9NO2. The van der Waals surface area contributed by atoms with Crippen LogP contribution in [-0.4, -0.2) is 11.1 Å². The van der Waals surface area contributed by atoms with E-state index in [1.54, 1.807) is 24.3 Å². The highest BCUT2D eigenvalue weighted by Gasteiger charge is 2.04. The molecule has 0 atom stereocenters. The van der Waals surface area contributed by atoms with Gasteiger partial charge in [0, 0.05) is 11.1 Å². The number of hydrogen-bond donors (Lipinski definition) is 2. The summed E-state index contributed by atoms with van der Waals surface area (Å²) in [4.78, 5) is 10.7. The Bertz CT molecular complexity index is 506. The molecule has 2 aromatic rings. The second kappa shape index (κ2) is 3.03. The van der Waals surface area contributed by atoms with Crippen LogP contribution < -0.4 is 5.73 Å². The topological polar surface area (TPSA) is 63.3 Å². The predicted octanol–water partition coefficient (Wildman–Crippen LogP) is 2.12. The minimum atomic E-state index is -0.935. The molecule has 0 aliphatic heterocycles. The number of nitrogen functional groups attached to an aromatic ring is 1. The van der Waals surface area contributed by atoms with E-state index in [4.69, 9.17) is 10.8 Å². The number of aromatic carboxylic acids is 1. The Balaban J connectivity index is 2.76. The molecule has 2 rings (SSSR count). The first-order valence-electron chi connectivity index (χ1n) is 4.20. The molecule has 3 nitrogen and oxygen atoms in total. The highest BCUT2D eigenvalue weighted by molar-refractivity contribution is 5.99. The summed E-state index contributed by atoms with van der Waals surface area (Å²) >= 11 is 0. The Morgan fingerprint density at radius 2 is 2.00 bits per heavy atom. The van der Waals surface area contributed by atoms with Crippen LogP contribution in [0.2, 0.25) is 0 Å². The standard InChI is InChI=1S/C11H9NO2/c12-10-3-1-2-7-4-5-8(11(13)14)6-9(7)10/h1-6H,12H2,(H,13,14). The largest absolute Gasteiger partial charge is 0.478 e. The maximum absolute atomic E-state index is 10.7. The van der Waals surface area contributed by atoms with Gasteiger partial charge in [-0.2, -0.15) is 0 Å². The third-order valence-corrected chi connectivity index (χ3v) is 2.16. The molecule has 2 aromatic carbocycles. The van der Waals surface area contributed by atoms with Crippen molar-refractivity contribution in [1.82, 2.24) is 0 Å². The molecule has 0 aliphatic rings. The molecule has 0 radical (unpaired) electrons. The molecule has 0 spiro atoms. The Hall–Kier alpha value is -2.03. The number of hydrogen-bond acceptors (Lipinski definition) is 2. The summed E-state index contributed by atoms with van der Waals surface area (Å²) in [5, 5.41) is 10.5. The normalized spacial score (nSPS) is 10.3. The first-order valence-corrected chi connectivity index (χ1v) is 4.20. The maximum atomic E-state index is 10.7. The molecule has 0 heterocycles. The van der Waals surface area contributed by atoms with E-state index in [-0.39, 0.29) is 5.56 Å². The smallest absolute Gasteiger partial charge is 0.335 e. The van der Waals surface area contributed by atoms with Crippen molar-refractivity contribution >= 4 is 22.4 Å². The molecule has 3 heteroatoms. The molecule has 70 valence electrons. The number of carboxylic acid groups (broad SMARTS) is 1. The van der Waals surface area contributed by atoms with Gasteiger partial charge in [0.15, 0.2) is 0 Å². The summed E-state index contributed by atoms with van der Waals surface area (Å²) in [6.45, 7) is 0. The lowest BCUT2D eigenvalue weighted by atomic mass is 10.1. The molecule has 0 aromatic heterocycles. The molecule has 0 saturated carbocycles. The second-order valence-corrected chi connectivity index (χ2v) is 3.09. The van der Waals surface area contributed by atoms with Crippen molar-refractivity contribution in [2.75, 3.05) is 5.73 Å². The van der Waals surface area contributed by atoms with Gasteiger partial charge in [-0.05, 0) is 23.6 Å². The van der Waals surface area contributed by atoms with Crippen LogP contribution in [0.5, 0.6) is 0 Å². The van der Waals surface area contributed by atoms with E-state index in [9.17, 15) is 4.79 Å². The van der Waals surface area contributed by atoms with Crippen LogP contribution in [0, 0.1) is 0 Å². The Morgan fingerprint density at radius 1 is 1.21 bits per heavy atom. The number of benzene rings is 2. The first kappa shape index (κ1) is 8.56. The number of rotatable bonds is 1. The number of carbonyl (C=O) groups is 1. The van der Waals surface area contributed by atoms with Crippen LogP contribution >= 0.6 is 0 Å². The Kier molecular flexibility index (Phi) is 1.85. The highest BCUT2D eigenvalue weighted by atomic mass is 16.4. The third kappa shape index (κ3) is 1.29. The molecule has 0 unspecified atom stereocenters. The van der Waals surface area contributed by atoms with Crippen LogP contribution in [0.4, 0.5) is 5.69 Å². The minimum Gasteiger partial charge on any atom is -0.478 e. The fourth-order valence-corrected chi connectivity index (χ4v) is 1.43. The highest BCUT2D eigenvalue weighted by Crippen LogP contribution is 2.21. The predicted molar refractivity (Wildman–Crippen MR) is 55.3 cm³/mol. The van der Waals surface area contributed by atoms with Gasteiger partial charge in [0.1, 0.15) is 0 Å². The van der Waals surface area contributed by atoms with Gasteiger partial charge in [-0.1, -0.05) is 18.2 Å². The van der Waals surface area contributed by atoms with Crippen LogP contribution in [0.1, 0.15) is 10.4 Å². The average Bonchev–Trinajstić information content (AvgIpc) is 2.18. The van der Waals surface area contributed by atoms with E-state index in [0.717, 1.165) is 10.8 Å². The Morgan fingerprint density at radius 3 is 2.71 bits per heavy atom. The molecule has 0 bridgehead atoms. The minimum absolute atomic E-state index is 0.260. The van der Waals surface area contributed by atoms with Crippen molar-refractivity contribution in [3.8, 4) is 0 Å². The second-order valence-electron chi connectivity index (χ2n) is 3.09. The zero-order valence-electron chi connectivity index (χ0n) is 7.40. The van der Waals surface area contributed by atoms with Gasteiger partial charge in [-0.3, -0.25) is 0 Å². The molecular weight excluding hydrogens is 178 g/mol. The molecule has 0 fully saturated rings. The van der Waals surface area contributed by atoms with Crippen molar-refractivity contribution in [1.29, 1.82) is 0 Å². The zero-order valence-corrected chi connectivity index (χ0v) is 7.40. The quantitative estimate of drug-likeness (QED) is 0.672. The lowest BCUT2D eigenvalue weighted by Crippen LogP contribution is -1.96. The number of nitrogens with two attached hydrogens (primary N) is 1. The lowest BCUT2D eigenvalue weighted by Gasteiger charge is -2.02. The SMILES string of the molecule is Nc1cccc2ccc(C(=O)O)cc12. The van der Waals surface area contributed by atoms with Crippen LogP contribution in [-0.2, 0) is 0 Å². The van der Waals surface area contributed by atoms with Crippen molar-refractivity contribution in [3.63, 3.8) is 0 Å². The summed E-state index contributed by atoms with van der Waals surface area (Å²) in [6, 6.07) is 10.4. The van der Waals surface area contributed by atoms with Gasteiger partial charge >= 0.3 is 5.97 Å². The number of fused-ring (bicyclic) bond motifs is 1. The van der Waals surface area contributed by atoms with Gasteiger partial charge in [0.25, 0.3) is 0 Å². The van der Waals surface area contributed by atoms with Crippen molar-refractivity contribution in [3.05, 3.63) is 42.0 Å². The third-order valence-electron chi connectivity index (χ3n) is 2.16. The molecule has 0 saturated heterocycles. The summed E-state index contributed by atoms with van der Waals surface area (Å²) in [7, 11) is 0. The van der Waals surface area contributed by atoms with Gasteiger partial charge < -0.3 is 10.8 Å². The lowest BCUT2D eigenvalue weighted by molar-refractivity contribution is 0.0697. The van der Waals surface area contributed by atoms with E-state index in [2.05, 4.69) is 0 Å². The van der Waals surface area contributed by atoms with Crippen LogP contribution in [0.15, 0.2) is 36.4 Å². The summed E-state index contributed by atoms with van der Waals surface area (Å²) in [5.74, 6) is -0.935. The van der Waals surface area contributed by atoms with Gasteiger partial charge in [0.2, 0.25) is 0 Å². The fourth-order valence-electron chi connectivity index (χ4n) is 1.43. The van der Waals surface area contributed by atoms with Gasteiger partial charge in [0.05, 0.1) is 5.56 Å². The molecule has 3 N–H and O–H groups in total. The van der Waals surface area contributed by atoms with Crippen molar-refractivity contribution in [2.45, 2.75) is 0 Å². The molecule has 0 amide bonds. The fraction of sp³-hybridized carbons (Fsp3) is 0. The maximum Gasteiger partial charge on any atom is 0.335 e. The number of anilines is 1. The van der Waals surface area contributed by atoms with Crippen LogP contribution in [0.25, 0.3) is 10.8 Å². The Labute approximate surface area is 80.8 Å². The van der Waals surface area contributed by atoms with E-state index in [1.807, 2.05) is 12.1 Å². The van der Waals surface area contributed by atoms with Gasteiger partial charge in [-0.25, -0.2) is 4.79 Å². The summed E-state index contributed by atoms with van der Waals surface area (Å²) in [6.07, 6.45) is 0. The molecule has 14 heavy (non-hydrogen) atoms. The molecule has 0 aliphatic carbocycles. The summed E-state index contributed by atoms with van der Waals surface area (Å²) in [5.41, 5.74) is 6.59. The van der Waals surface area contributed by atoms with E-state index < -0.39 is 5.97 Å². The monoisotopic (exact) mass is 187 g/mol. The van der Waals surface area contributed by atoms with E-state index >= 15 is 0 Å². The summed E-state index contributed by atoms with van der Waals surface area (Å²) < 4.78 is 0. The van der Waals surface area contributed by atoms with Crippen molar-refractivity contribution in [2.24, 2.45) is 0 Å². The van der Waals surface area contributed by atoms with Crippen molar-refractivity contribution < 1.29 is 9.90 Å². The van der Waals surface area contributed by atoms with Crippen LogP contribution in [0.3, 0.4) is 0 Å². The zero-order chi connectivity index (χ0) is 10.1. The van der Waals surface area contributed by atoms with E-state index in [0.29, 0.717) is 5.69 Å². The van der Waals surface area contributed by atoms with Gasteiger partial charge in [-0.15, -0.1) is 0 Å².